The maximum absolute atomic E-state index is 12.3. The highest BCUT2D eigenvalue weighted by molar-refractivity contribution is 5.97. The fourth-order valence-corrected chi connectivity index (χ4v) is 4.16. The van der Waals surface area contributed by atoms with E-state index in [-0.39, 0.29) is 5.91 Å². The molecule has 1 fully saturated rings. The largest absolute Gasteiger partial charge is 0.352 e. The monoisotopic (exact) mass is 340 g/mol. The van der Waals surface area contributed by atoms with E-state index >= 15 is 0 Å². The molecule has 5 heteroatoms. The lowest BCUT2D eigenvalue weighted by molar-refractivity contribution is 0.0949. The fraction of sp³-hybridized carbons (Fsp3) is 0.600. The SMILES string of the molecule is CC(C)CNC(=O)c1ccc2c(c1)nc1n2CCN(C2CCCC2)C1. The molecule has 25 heavy (non-hydrogen) atoms. The van der Waals surface area contributed by atoms with Gasteiger partial charge in [-0.3, -0.25) is 9.69 Å². The Kier molecular flexibility index (Phi) is 4.50. The molecule has 2 aliphatic rings. The van der Waals surface area contributed by atoms with Crippen molar-refractivity contribution < 1.29 is 4.79 Å². The van der Waals surface area contributed by atoms with E-state index in [1.807, 2.05) is 12.1 Å². The van der Waals surface area contributed by atoms with E-state index in [1.165, 1.54) is 25.7 Å². The maximum atomic E-state index is 12.3. The minimum atomic E-state index is -0.00541. The van der Waals surface area contributed by atoms with E-state index in [9.17, 15) is 4.79 Å². The summed E-state index contributed by atoms with van der Waals surface area (Å²) in [5.74, 6) is 1.59. The van der Waals surface area contributed by atoms with Gasteiger partial charge in [-0.25, -0.2) is 4.98 Å². The number of hydrogen-bond acceptors (Lipinski definition) is 3. The summed E-state index contributed by atoms with van der Waals surface area (Å²) >= 11 is 0. The van der Waals surface area contributed by atoms with Crippen LogP contribution in [0.25, 0.3) is 11.0 Å². The van der Waals surface area contributed by atoms with Crippen molar-refractivity contribution in [3.8, 4) is 0 Å². The average molecular weight is 340 g/mol. The predicted molar refractivity (Wildman–Crippen MR) is 99.6 cm³/mol. The molecule has 1 amide bonds. The molecule has 2 aromatic rings. The van der Waals surface area contributed by atoms with Gasteiger partial charge in [-0.1, -0.05) is 26.7 Å². The third kappa shape index (κ3) is 3.30. The molecule has 1 aliphatic heterocycles. The van der Waals surface area contributed by atoms with E-state index in [0.29, 0.717) is 18.0 Å². The molecular formula is C20H28N4O. The molecule has 0 unspecified atom stereocenters. The zero-order chi connectivity index (χ0) is 17.4. The van der Waals surface area contributed by atoms with Crippen LogP contribution in [-0.2, 0) is 13.1 Å². The molecule has 1 N–H and O–H groups in total. The van der Waals surface area contributed by atoms with Gasteiger partial charge in [-0.2, -0.15) is 0 Å². The quantitative estimate of drug-likeness (QED) is 0.930. The molecule has 134 valence electrons. The summed E-state index contributed by atoms with van der Waals surface area (Å²) < 4.78 is 2.33. The van der Waals surface area contributed by atoms with Crippen molar-refractivity contribution in [2.24, 2.45) is 5.92 Å². The first-order valence-corrected chi connectivity index (χ1v) is 9.63. The standard InChI is InChI=1S/C20H28N4O/c1-14(2)12-21-20(25)15-7-8-18-17(11-15)22-19-13-23(9-10-24(18)19)16-5-3-4-6-16/h7-8,11,14,16H,3-6,9-10,12-13H2,1-2H3,(H,21,25). The molecule has 5 nitrogen and oxygen atoms in total. The number of carbonyl (C=O) groups is 1. The van der Waals surface area contributed by atoms with Gasteiger partial charge in [0, 0.05) is 31.2 Å². The number of fused-ring (bicyclic) bond motifs is 3. The van der Waals surface area contributed by atoms with Crippen LogP contribution >= 0.6 is 0 Å². The number of imidazole rings is 1. The second-order valence-electron chi connectivity index (χ2n) is 7.90. The highest BCUT2D eigenvalue weighted by Crippen LogP contribution is 2.28. The molecule has 0 saturated heterocycles. The second kappa shape index (κ2) is 6.79. The molecular weight excluding hydrogens is 312 g/mol. The van der Waals surface area contributed by atoms with Crippen molar-refractivity contribution in [1.29, 1.82) is 0 Å². The van der Waals surface area contributed by atoms with Crippen molar-refractivity contribution in [2.75, 3.05) is 13.1 Å². The smallest absolute Gasteiger partial charge is 0.251 e. The molecule has 0 atom stereocenters. The average Bonchev–Trinajstić information content (AvgIpc) is 3.25. The van der Waals surface area contributed by atoms with Gasteiger partial charge in [0.15, 0.2) is 0 Å². The Labute approximate surface area is 149 Å². The Balaban J connectivity index is 1.55. The minimum Gasteiger partial charge on any atom is -0.352 e. The number of aromatic nitrogens is 2. The van der Waals surface area contributed by atoms with Gasteiger partial charge in [-0.05, 0) is 37.0 Å². The second-order valence-corrected chi connectivity index (χ2v) is 7.90. The maximum Gasteiger partial charge on any atom is 0.251 e. The number of hydrogen-bond donors (Lipinski definition) is 1. The van der Waals surface area contributed by atoms with Gasteiger partial charge in [0.1, 0.15) is 5.82 Å². The summed E-state index contributed by atoms with van der Waals surface area (Å²) in [6.45, 7) is 7.95. The molecule has 1 aromatic carbocycles. The first kappa shape index (κ1) is 16.6. The first-order chi connectivity index (χ1) is 12.1. The summed E-state index contributed by atoms with van der Waals surface area (Å²) in [6, 6.07) is 6.67. The van der Waals surface area contributed by atoms with Crippen molar-refractivity contribution in [3.63, 3.8) is 0 Å². The third-order valence-corrected chi connectivity index (χ3v) is 5.56. The zero-order valence-corrected chi connectivity index (χ0v) is 15.3. The Morgan fingerprint density at radius 3 is 2.84 bits per heavy atom. The number of carbonyl (C=O) groups excluding carboxylic acids is 1. The van der Waals surface area contributed by atoms with Gasteiger partial charge in [0.2, 0.25) is 0 Å². The lowest BCUT2D eigenvalue weighted by Gasteiger charge is -2.32. The van der Waals surface area contributed by atoms with E-state index in [1.54, 1.807) is 0 Å². The number of amides is 1. The van der Waals surface area contributed by atoms with Crippen LogP contribution in [0.5, 0.6) is 0 Å². The van der Waals surface area contributed by atoms with Crippen molar-refractivity contribution in [3.05, 3.63) is 29.6 Å². The molecule has 0 bridgehead atoms. The normalized spacial score (nSPS) is 18.8. The topological polar surface area (TPSA) is 50.2 Å². The molecule has 1 aliphatic carbocycles. The van der Waals surface area contributed by atoms with Crippen LogP contribution in [0.3, 0.4) is 0 Å². The van der Waals surface area contributed by atoms with Gasteiger partial charge < -0.3 is 9.88 Å². The Morgan fingerprint density at radius 1 is 1.28 bits per heavy atom. The van der Waals surface area contributed by atoms with Crippen molar-refractivity contribution in [1.82, 2.24) is 19.8 Å². The van der Waals surface area contributed by atoms with E-state index in [2.05, 4.69) is 34.7 Å². The predicted octanol–water partition coefficient (Wildman–Crippen LogP) is 3.18. The summed E-state index contributed by atoms with van der Waals surface area (Å²) in [6.07, 6.45) is 5.40. The first-order valence-electron chi connectivity index (χ1n) is 9.63. The van der Waals surface area contributed by atoms with Gasteiger partial charge in [0.05, 0.1) is 17.6 Å². The number of benzene rings is 1. The summed E-state index contributed by atoms with van der Waals surface area (Å²) in [5.41, 5.74) is 2.80. The van der Waals surface area contributed by atoms with Crippen LogP contribution in [0.4, 0.5) is 0 Å². The van der Waals surface area contributed by atoms with Crippen LogP contribution in [-0.4, -0.2) is 39.5 Å². The van der Waals surface area contributed by atoms with Crippen molar-refractivity contribution in [2.45, 2.75) is 58.7 Å². The lowest BCUT2D eigenvalue weighted by Crippen LogP contribution is -2.39. The number of nitrogens with one attached hydrogen (secondary N) is 1. The third-order valence-electron chi connectivity index (χ3n) is 5.56. The molecule has 2 heterocycles. The zero-order valence-electron chi connectivity index (χ0n) is 15.3. The van der Waals surface area contributed by atoms with Gasteiger partial charge >= 0.3 is 0 Å². The molecule has 1 aromatic heterocycles. The highest BCUT2D eigenvalue weighted by atomic mass is 16.1. The van der Waals surface area contributed by atoms with Crippen LogP contribution in [0.2, 0.25) is 0 Å². The molecule has 1 saturated carbocycles. The Bertz CT molecular complexity index is 773. The van der Waals surface area contributed by atoms with E-state index in [4.69, 9.17) is 4.98 Å². The number of rotatable bonds is 4. The number of nitrogens with zero attached hydrogens (tertiary/aromatic N) is 3. The highest BCUT2D eigenvalue weighted by Gasteiger charge is 2.27. The summed E-state index contributed by atoms with van der Waals surface area (Å²) in [5, 5.41) is 2.99. The molecule has 0 spiro atoms. The fourth-order valence-electron chi connectivity index (χ4n) is 4.16. The van der Waals surface area contributed by atoms with Crippen LogP contribution < -0.4 is 5.32 Å². The van der Waals surface area contributed by atoms with Gasteiger partial charge in [-0.15, -0.1) is 0 Å². The Hall–Kier alpha value is -1.88. The van der Waals surface area contributed by atoms with Crippen LogP contribution in [0.1, 0.15) is 55.7 Å². The van der Waals surface area contributed by atoms with Crippen LogP contribution in [0, 0.1) is 5.92 Å². The Morgan fingerprint density at radius 2 is 2.08 bits per heavy atom. The lowest BCUT2D eigenvalue weighted by atomic mass is 10.1. The van der Waals surface area contributed by atoms with Gasteiger partial charge in [0.25, 0.3) is 5.91 Å². The summed E-state index contributed by atoms with van der Waals surface area (Å²) in [4.78, 5) is 19.8. The molecule has 4 rings (SSSR count). The van der Waals surface area contributed by atoms with E-state index < -0.39 is 0 Å². The van der Waals surface area contributed by atoms with Crippen molar-refractivity contribution >= 4 is 16.9 Å². The molecule has 0 radical (unpaired) electrons. The van der Waals surface area contributed by atoms with Crippen LogP contribution in [0.15, 0.2) is 18.2 Å². The minimum absolute atomic E-state index is 0.00541. The summed E-state index contributed by atoms with van der Waals surface area (Å²) in [7, 11) is 0. The van der Waals surface area contributed by atoms with E-state index in [0.717, 1.165) is 42.5 Å².